The van der Waals surface area contributed by atoms with E-state index in [0.717, 1.165) is 31.7 Å². The Morgan fingerprint density at radius 2 is 1.90 bits per heavy atom. The van der Waals surface area contributed by atoms with E-state index in [2.05, 4.69) is 0 Å². The van der Waals surface area contributed by atoms with Crippen molar-refractivity contribution in [1.29, 1.82) is 0 Å². The van der Waals surface area contributed by atoms with Crippen molar-refractivity contribution in [2.75, 3.05) is 12.4 Å². The van der Waals surface area contributed by atoms with Gasteiger partial charge in [0.2, 0.25) is 0 Å². The number of hydrogen-bond acceptors (Lipinski definition) is 1. The van der Waals surface area contributed by atoms with Crippen molar-refractivity contribution in [3.8, 4) is 0 Å². The van der Waals surface area contributed by atoms with Gasteiger partial charge in [-0.2, -0.15) is 0 Å². The smallest absolute Gasteiger partial charge is 0.257 e. The average molecular weight is 316 g/mol. The SMILES string of the molecule is Cc1cc(C(=O)N(CCCl)C2CCCCC2)c(F)cc1F. The van der Waals surface area contributed by atoms with Crippen molar-refractivity contribution in [1.82, 2.24) is 4.90 Å². The lowest BCUT2D eigenvalue weighted by Crippen LogP contribution is -2.43. The second-order valence-corrected chi connectivity index (χ2v) is 5.94. The van der Waals surface area contributed by atoms with Gasteiger partial charge in [-0.3, -0.25) is 4.79 Å². The van der Waals surface area contributed by atoms with Crippen molar-refractivity contribution in [2.45, 2.75) is 45.1 Å². The zero-order valence-corrected chi connectivity index (χ0v) is 12.9. The largest absolute Gasteiger partial charge is 0.334 e. The van der Waals surface area contributed by atoms with Crippen molar-refractivity contribution >= 4 is 17.5 Å². The van der Waals surface area contributed by atoms with E-state index in [-0.39, 0.29) is 23.1 Å². The topological polar surface area (TPSA) is 20.3 Å². The number of rotatable bonds is 4. The lowest BCUT2D eigenvalue weighted by Gasteiger charge is -2.34. The lowest BCUT2D eigenvalue weighted by atomic mass is 9.93. The third-order valence-corrected chi connectivity index (χ3v) is 4.25. The minimum absolute atomic E-state index is 0.0652. The molecule has 2 nitrogen and oxygen atoms in total. The molecule has 1 aliphatic carbocycles. The second kappa shape index (κ2) is 7.21. The Bertz CT molecular complexity index is 515. The number of nitrogens with zero attached hydrogens (tertiary/aromatic N) is 1. The van der Waals surface area contributed by atoms with Crippen LogP contribution in [0.3, 0.4) is 0 Å². The lowest BCUT2D eigenvalue weighted by molar-refractivity contribution is 0.0644. The molecule has 0 bridgehead atoms. The summed E-state index contributed by atoms with van der Waals surface area (Å²) in [7, 11) is 0. The summed E-state index contributed by atoms with van der Waals surface area (Å²) in [5, 5.41) is 0. The first-order chi connectivity index (χ1) is 10.0. The molecule has 5 heteroatoms. The second-order valence-electron chi connectivity index (χ2n) is 5.56. The fourth-order valence-electron chi connectivity index (χ4n) is 2.91. The zero-order valence-electron chi connectivity index (χ0n) is 12.2. The number of alkyl halides is 1. The van der Waals surface area contributed by atoms with Crippen LogP contribution in [-0.4, -0.2) is 29.3 Å². The Kier molecular flexibility index (Phi) is 5.57. The number of benzene rings is 1. The molecule has 1 aromatic rings. The first-order valence-corrected chi connectivity index (χ1v) is 7.90. The molecule has 0 heterocycles. The van der Waals surface area contributed by atoms with Gasteiger partial charge >= 0.3 is 0 Å². The van der Waals surface area contributed by atoms with Gasteiger partial charge in [0.1, 0.15) is 11.6 Å². The van der Waals surface area contributed by atoms with Crippen LogP contribution >= 0.6 is 11.6 Å². The Morgan fingerprint density at radius 1 is 1.24 bits per heavy atom. The summed E-state index contributed by atoms with van der Waals surface area (Å²) in [6, 6.07) is 2.18. The maximum absolute atomic E-state index is 13.9. The van der Waals surface area contributed by atoms with Crippen LogP contribution in [0.25, 0.3) is 0 Å². The molecule has 0 saturated heterocycles. The summed E-state index contributed by atoms with van der Waals surface area (Å²) in [6.07, 6.45) is 5.15. The van der Waals surface area contributed by atoms with E-state index < -0.39 is 11.6 Å². The van der Waals surface area contributed by atoms with E-state index in [1.165, 1.54) is 19.4 Å². The number of hydrogen-bond donors (Lipinski definition) is 0. The zero-order chi connectivity index (χ0) is 15.4. The fourth-order valence-corrected chi connectivity index (χ4v) is 3.09. The predicted molar refractivity (Wildman–Crippen MR) is 79.7 cm³/mol. The average Bonchev–Trinajstić information content (AvgIpc) is 2.49. The van der Waals surface area contributed by atoms with Gasteiger partial charge in [-0.05, 0) is 31.4 Å². The first-order valence-electron chi connectivity index (χ1n) is 7.37. The van der Waals surface area contributed by atoms with Crippen LogP contribution in [0.5, 0.6) is 0 Å². The van der Waals surface area contributed by atoms with Crippen molar-refractivity contribution in [2.24, 2.45) is 0 Å². The van der Waals surface area contributed by atoms with E-state index in [1.807, 2.05) is 0 Å². The van der Waals surface area contributed by atoms with Crippen LogP contribution in [0, 0.1) is 18.6 Å². The summed E-state index contributed by atoms with van der Waals surface area (Å²) < 4.78 is 27.3. The molecule has 0 aromatic heterocycles. The van der Waals surface area contributed by atoms with Gasteiger partial charge in [0, 0.05) is 24.5 Å². The summed E-state index contributed by atoms with van der Waals surface area (Å²) in [6.45, 7) is 1.92. The maximum Gasteiger partial charge on any atom is 0.257 e. The quantitative estimate of drug-likeness (QED) is 0.759. The molecule has 0 N–H and O–H groups in total. The van der Waals surface area contributed by atoms with Gasteiger partial charge in [0.15, 0.2) is 0 Å². The molecule has 0 aliphatic heterocycles. The molecular weight excluding hydrogens is 296 g/mol. The van der Waals surface area contributed by atoms with E-state index in [1.54, 1.807) is 4.90 Å². The van der Waals surface area contributed by atoms with Gasteiger partial charge in [0.25, 0.3) is 5.91 Å². The van der Waals surface area contributed by atoms with E-state index in [0.29, 0.717) is 12.4 Å². The highest BCUT2D eigenvalue weighted by atomic mass is 35.5. The van der Waals surface area contributed by atoms with Crippen LogP contribution in [0.15, 0.2) is 12.1 Å². The minimum atomic E-state index is -0.807. The van der Waals surface area contributed by atoms with Crippen molar-refractivity contribution < 1.29 is 13.6 Å². The summed E-state index contributed by atoms with van der Waals surface area (Å²) in [4.78, 5) is 14.3. The monoisotopic (exact) mass is 315 g/mol. The summed E-state index contributed by atoms with van der Waals surface area (Å²) in [5.41, 5.74) is 0.207. The Labute approximate surface area is 129 Å². The number of carbonyl (C=O) groups is 1. The summed E-state index contributed by atoms with van der Waals surface area (Å²) in [5.74, 6) is -1.52. The van der Waals surface area contributed by atoms with E-state index in [4.69, 9.17) is 11.6 Å². The molecule has 21 heavy (non-hydrogen) atoms. The first kappa shape index (κ1) is 16.2. The van der Waals surface area contributed by atoms with E-state index >= 15 is 0 Å². The number of carbonyl (C=O) groups excluding carboxylic acids is 1. The highest BCUT2D eigenvalue weighted by Crippen LogP contribution is 2.25. The molecule has 1 aromatic carbocycles. The third-order valence-electron chi connectivity index (χ3n) is 4.08. The van der Waals surface area contributed by atoms with Gasteiger partial charge < -0.3 is 4.90 Å². The Balaban J connectivity index is 2.27. The third kappa shape index (κ3) is 3.73. The molecule has 0 atom stereocenters. The molecule has 0 spiro atoms. The molecule has 0 unspecified atom stereocenters. The molecule has 116 valence electrons. The molecule has 1 saturated carbocycles. The molecule has 2 rings (SSSR count). The fraction of sp³-hybridized carbons (Fsp3) is 0.562. The highest BCUT2D eigenvalue weighted by molar-refractivity contribution is 6.18. The van der Waals surface area contributed by atoms with Crippen LogP contribution in [0.1, 0.15) is 48.0 Å². The number of aryl methyl sites for hydroxylation is 1. The number of amides is 1. The van der Waals surface area contributed by atoms with Gasteiger partial charge in [-0.15, -0.1) is 11.6 Å². The van der Waals surface area contributed by atoms with Crippen LogP contribution in [0.2, 0.25) is 0 Å². The van der Waals surface area contributed by atoms with Crippen molar-refractivity contribution in [3.63, 3.8) is 0 Å². The Hall–Kier alpha value is -1.16. The van der Waals surface area contributed by atoms with Crippen LogP contribution in [-0.2, 0) is 0 Å². The van der Waals surface area contributed by atoms with Crippen molar-refractivity contribution in [3.05, 3.63) is 34.9 Å². The molecular formula is C16H20ClF2NO. The predicted octanol–water partition coefficient (Wildman–Crippen LogP) is 4.29. The molecule has 0 radical (unpaired) electrons. The van der Waals surface area contributed by atoms with E-state index in [9.17, 15) is 13.6 Å². The molecule has 1 fully saturated rings. The van der Waals surface area contributed by atoms with Gasteiger partial charge in [0.05, 0.1) is 5.56 Å². The van der Waals surface area contributed by atoms with Gasteiger partial charge in [-0.25, -0.2) is 8.78 Å². The number of halogens is 3. The Morgan fingerprint density at radius 3 is 2.52 bits per heavy atom. The maximum atomic E-state index is 13.9. The van der Waals surface area contributed by atoms with Crippen LogP contribution in [0.4, 0.5) is 8.78 Å². The standard InChI is InChI=1S/C16H20ClF2NO/c1-11-9-13(15(19)10-14(11)18)16(21)20(8-7-17)12-5-3-2-4-6-12/h9-10,12H,2-8H2,1H3. The molecule has 1 aliphatic rings. The summed E-state index contributed by atoms with van der Waals surface area (Å²) >= 11 is 5.80. The highest BCUT2D eigenvalue weighted by Gasteiger charge is 2.27. The van der Waals surface area contributed by atoms with Crippen LogP contribution < -0.4 is 0 Å². The molecule has 1 amide bonds. The van der Waals surface area contributed by atoms with Gasteiger partial charge in [-0.1, -0.05) is 19.3 Å². The minimum Gasteiger partial charge on any atom is -0.334 e. The normalized spacial score (nSPS) is 16.0.